The lowest BCUT2D eigenvalue weighted by atomic mass is 10.2. The highest BCUT2D eigenvalue weighted by Gasteiger charge is 2.15. The zero-order valence-electron chi connectivity index (χ0n) is 10.2. The van der Waals surface area contributed by atoms with E-state index in [0.717, 1.165) is 0 Å². The van der Waals surface area contributed by atoms with E-state index in [1.54, 1.807) is 31.3 Å². The summed E-state index contributed by atoms with van der Waals surface area (Å²) in [6, 6.07) is 8.68. The highest BCUT2D eigenvalue weighted by molar-refractivity contribution is 5.88. The molecule has 0 radical (unpaired) electrons. The molecular formula is C13H11N3O3. The molecule has 19 heavy (non-hydrogen) atoms. The first-order chi connectivity index (χ1) is 9.11. The second kappa shape index (κ2) is 5.23. The van der Waals surface area contributed by atoms with Crippen molar-refractivity contribution in [1.82, 2.24) is 9.78 Å². The third-order valence-corrected chi connectivity index (χ3v) is 2.63. The van der Waals surface area contributed by atoms with Crippen LogP contribution in [0.25, 0.3) is 0 Å². The van der Waals surface area contributed by atoms with E-state index in [1.807, 2.05) is 6.07 Å². The number of benzene rings is 1. The van der Waals surface area contributed by atoms with Crippen LogP contribution in [0.2, 0.25) is 0 Å². The number of carbonyl (C=O) groups is 1. The molecule has 0 aliphatic heterocycles. The number of hydrogen-bond donors (Lipinski definition) is 1. The summed E-state index contributed by atoms with van der Waals surface area (Å²) in [6.07, 6.45) is 1.28. The van der Waals surface area contributed by atoms with Crippen molar-refractivity contribution in [2.24, 2.45) is 7.05 Å². The summed E-state index contributed by atoms with van der Waals surface area (Å²) >= 11 is 0. The van der Waals surface area contributed by atoms with Crippen molar-refractivity contribution >= 4 is 5.97 Å². The summed E-state index contributed by atoms with van der Waals surface area (Å²) in [5.41, 5.74) is 1.06. The molecule has 6 nitrogen and oxygen atoms in total. The highest BCUT2D eigenvalue weighted by atomic mass is 16.5. The van der Waals surface area contributed by atoms with Gasteiger partial charge < -0.3 is 9.84 Å². The summed E-state index contributed by atoms with van der Waals surface area (Å²) in [5, 5.41) is 21.7. The van der Waals surface area contributed by atoms with Crippen LogP contribution in [0.1, 0.15) is 21.6 Å². The molecule has 0 spiro atoms. The minimum absolute atomic E-state index is 0.0764. The SMILES string of the molecule is Cn1ncc(C(=O)O)c1COc1cccc(C#N)c1. The minimum atomic E-state index is -1.04. The fourth-order valence-electron chi connectivity index (χ4n) is 1.62. The molecule has 2 aromatic rings. The number of nitriles is 1. The van der Waals surface area contributed by atoms with E-state index in [4.69, 9.17) is 15.1 Å². The number of aromatic nitrogens is 2. The van der Waals surface area contributed by atoms with Crippen molar-refractivity contribution in [3.63, 3.8) is 0 Å². The van der Waals surface area contributed by atoms with Crippen LogP contribution in [0.3, 0.4) is 0 Å². The van der Waals surface area contributed by atoms with Gasteiger partial charge in [-0.3, -0.25) is 4.68 Å². The maximum atomic E-state index is 11.0. The number of nitrogens with zero attached hydrogens (tertiary/aromatic N) is 3. The lowest BCUT2D eigenvalue weighted by Gasteiger charge is -2.07. The van der Waals surface area contributed by atoms with E-state index in [-0.39, 0.29) is 12.2 Å². The molecule has 0 fully saturated rings. The maximum absolute atomic E-state index is 11.0. The standard InChI is InChI=1S/C13H11N3O3/c1-16-12(11(7-15-16)13(17)18)8-19-10-4-2-3-9(5-10)6-14/h2-5,7H,8H2,1H3,(H,17,18). The van der Waals surface area contributed by atoms with Crippen LogP contribution in [-0.4, -0.2) is 20.9 Å². The van der Waals surface area contributed by atoms with Crippen LogP contribution in [-0.2, 0) is 13.7 Å². The quantitative estimate of drug-likeness (QED) is 0.898. The molecule has 0 saturated heterocycles. The minimum Gasteiger partial charge on any atom is -0.487 e. The lowest BCUT2D eigenvalue weighted by molar-refractivity contribution is 0.0693. The summed E-state index contributed by atoms with van der Waals surface area (Å²) in [7, 11) is 1.65. The van der Waals surface area contributed by atoms with Gasteiger partial charge in [0.05, 0.1) is 23.5 Å². The monoisotopic (exact) mass is 257 g/mol. The number of rotatable bonds is 4. The fourth-order valence-corrected chi connectivity index (χ4v) is 1.62. The predicted octanol–water partition coefficient (Wildman–Crippen LogP) is 1.57. The van der Waals surface area contributed by atoms with Gasteiger partial charge in [0.25, 0.3) is 0 Å². The molecule has 96 valence electrons. The lowest BCUT2D eigenvalue weighted by Crippen LogP contribution is -2.08. The average Bonchev–Trinajstić information content (AvgIpc) is 2.78. The molecule has 1 N–H and O–H groups in total. The van der Waals surface area contributed by atoms with Crippen molar-refractivity contribution < 1.29 is 14.6 Å². The maximum Gasteiger partial charge on any atom is 0.339 e. The van der Waals surface area contributed by atoms with Crippen molar-refractivity contribution in [2.75, 3.05) is 0 Å². The molecule has 2 rings (SSSR count). The Morgan fingerprint density at radius 1 is 1.58 bits per heavy atom. The molecule has 0 aliphatic rings. The number of carboxylic acid groups (broad SMARTS) is 1. The van der Waals surface area contributed by atoms with Crippen LogP contribution in [0, 0.1) is 11.3 Å². The first-order valence-electron chi connectivity index (χ1n) is 5.49. The van der Waals surface area contributed by atoms with Crippen LogP contribution in [0.4, 0.5) is 0 Å². The first-order valence-corrected chi connectivity index (χ1v) is 5.49. The second-order valence-corrected chi connectivity index (χ2v) is 3.86. The number of aromatic carboxylic acids is 1. The highest BCUT2D eigenvalue weighted by Crippen LogP contribution is 2.16. The van der Waals surface area contributed by atoms with Gasteiger partial charge in [-0.25, -0.2) is 4.79 Å². The summed E-state index contributed by atoms with van der Waals surface area (Å²) < 4.78 is 6.95. The first kappa shape index (κ1) is 12.6. The zero-order valence-corrected chi connectivity index (χ0v) is 10.2. The number of carboxylic acids is 1. The van der Waals surface area contributed by atoms with Gasteiger partial charge in [-0.15, -0.1) is 0 Å². The molecule has 1 aromatic carbocycles. The van der Waals surface area contributed by atoms with Crippen molar-refractivity contribution in [3.05, 3.63) is 47.3 Å². The normalized spacial score (nSPS) is 9.89. The predicted molar refractivity (Wildman–Crippen MR) is 65.7 cm³/mol. The molecule has 0 atom stereocenters. The van der Waals surface area contributed by atoms with E-state index in [9.17, 15) is 4.79 Å². The van der Waals surface area contributed by atoms with E-state index >= 15 is 0 Å². The van der Waals surface area contributed by atoms with Gasteiger partial charge in [0.1, 0.15) is 17.9 Å². The average molecular weight is 257 g/mol. The van der Waals surface area contributed by atoms with E-state index in [1.165, 1.54) is 10.9 Å². The Kier molecular flexibility index (Phi) is 3.48. The Labute approximate surface area is 109 Å². The second-order valence-electron chi connectivity index (χ2n) is 3.86. The summed E-state index contributed by atoms with van der Waals surface area (Å²) in [4.78, 5) is 11.0. The largest absolute Gasteiger partial charge is 0.487 e. The van der Waals surface area contributed by atoms with Gasteiger partial charge in [-0.1, -0.05) is 6.07 Å². The van der Waals surface area contributed by atoms with Gasteiger partial charge in [-0.2, -0.15) is 10.4 Å². The van der Waals surface area contributed by atoms with Crippen molar-refractivity contribution in [1.29, 1.82) is 5.26 Å². The molecule has 0 unspecified atom stereocenters. The number of ether oxygens (including phenoxy) is 1. The van der Waals surface area contributed by atoms with Crippen molar-refractivity contribution in [2.45, 2.75) is 6.61 Å². The van der Waals surface area contributed by atoms with Crippen LogP contribution in [0.15, 0.2) is 30.5 Å². The van der Waals surface area contributed by atoms with Crippen LogP contribution >= 0.6 is 0 Å². The number of aryl methyl sites for hydroxylation is 1. The van der Waals surface area contributed by atoms with Crippen LogP contribution in [0.5, 0.6) is 5.75 Å². The van der Waals surface area contributed by atoms with E-state index < -0.39 is 5.97 Å². The van der Waals surface area contributed by atoms with Gasteiger partial charge in [0.15, 0.2) is 0 Å². The molecule has 1 heterocycles. The molecule has 1 aromatic heterocycles. The Morgan fingerprint density at radius 3 is 3.05 bits per heavy atom. The molecule has 0 amide bonds. The van der Waals surface area contributed by atoms with Crippen molar-refractivity contribution in [3.8, 4) is 11.8 Å². The van der Waals surface area contributed by atoms with Gasteiger partial charge >= 0.3 is 5.97 Å². The van der Waals surface area contributed by atoms with Crippen LogP contribution < -0.4 is 4.74 Å². The Bertz CT molecular complexity index is 655. The molecule has 0 saturated carbocycles. The third kappa shape index (κ3) is 2.72. The topological polar surface area (TPSA) is 88.1 Å². The van der Waals surface area contributed by atoms with E-state index in [0.29, 0.717) is 17.0 Å². The van der Waals surface area contributed by atoms with Gasteiger partial charge in [0, 0.05) is 7.05 Å². The Balaban J connectivity index is 2.17. The van der Waals surface area contributed by atoms with E-state index in [2.05, 4.69) is 5.10 Å². The molecule has 0 bridgehead atoms. The Morgan fingerprint density at radius 2 is 2.37 bits per heavy atom. The van der Waals surface area contributed by atoms with Gasteiger partial charge in [-0.05, 0) is 18.2 Å². The van der Waals surface area contributed by atoms with Gasteiger partial charge in [0.2, 0.25) is 0 Å². The molecule has 0 aliphatic carbocycles. The zero-order chi connectivity index (χ0) is 13.8. The summed E-state index contributed by atoms with van der Waals surface area (Å²) in [5.74, 6) is -0.533. The number of hydrogen-bond acceptors (Lipinski definition) is 4. The summed E-state index contributed by atoms with van der Waals surface area (Å²) in [6.45, 7) is 0.0764. The molecular weight excluding hydrogens is 246 g/mol. The third-order valence-electron chi connectivity index (χ3n) is 2.63. The molecule has 6 heteroatoms. The Hall–Kier alpha value is -2.81. The smallest absolute Gasteiger partial charge is 0.339 e. The fraction of sp³-hybridized carbons (Fsp3) is 0.154.